The maximum Gasteiger partial charge on any atom is 0.433 e. The number of amides is 3. The second-order valence-corrected chi connectivity index (χ2v) is 9.95. The lowest BCUT2D eigenvalue weighted by Crippen LogP contribution is -2.53. The van der Waals surface area contributed by atoms with Crippen molar-refractivity contribution in [2.24, 2.45) is 0 Å². The fraction of sp³-hybridized carbons (Fsp3) is 0.258. The van der Waals surface area contributed by atoms with Gasteiger partial charge in [0.1, 0.15) is 29.9 Å². The van der Waals surface area contributed by atoms with E-state index >= 15 is 0 Å². The minimum absolute atomic E-state index is 0.0766. The van der Waals surface area contributed by atoms with Gasteiger partial charge in [0.05, 0.1) is 23.9 Å². The van der Waals surface area contributed by atoms with E-state index in [1.54, 1.807) is 49.4 Å². The Morgan fingerprint density at radius 3 is 2.30 bits per heavy atom. The van der Waals surface area contributed by atoms with Gasteiger partial charge >= 0.3 is 6.18 Å². The number of rotatable bonds is 7. The van der Waals surface area contributed by atoms with E-state index in [-0.39, 0.29) is 37.7 Å². The van der Waals surface area contributed by atoms with Crippen molar-refractivity contribution >= 4 is 23.5 Å². The van der Waals surface area contributed by atoms with Gasteiger partial charge in [-0.3, -0.25) is 19.3 Å². The molecule has 1 unspecified atom stereocenters. The number of likely N-dealkylation sites (N-methyl/N-ethyl adjacent to an activating group) is 2. The summed E-state index contributed by atoms with van der Waals surface area (Å²) < 4.78 is 52.7. The SMILES string of the molecule is CCN1C(=O)C(NC(=O)c2nccc(C(F)(F)F)n2)Cc2c(CC(=O)N(C)CC#N)nn(-c3ccccc3)c21.Fc1ccccc1. The summed E-state index contributed by atoms with van der Waals surface area (Å²) in [6.07, 6.45) is -4.22. The molecule has 3 amide bonds. The number of aromatic nitrogens is 4. The Morgan fingerprint density at radius 1 is 1.09 bits per heavy atom. The minimum atomic E-state index is -4.78. The molecule has 0 spiro atoms. The molecule has 2 aromatic carbocycles. The van der Waals surface area contributed by atoms with Crippen LogP contribution in [0.4, 0.5) is 23.4 Å². The normalized spacial score (nSPS) is 14.0. The van der Waals surface area contributed by atoms with Crippen LogP contribution in [0.5, 0.6) is 0 Å². The molecule has 1 atom stereocenters. The first-order valence-electron chi connectivity index (χ1n) is 13.9. The second-order valence-electron chi connectivity index (χ2n) is 9.95. The largest absolute Gasteiger partial charge is 0.433 e. The number of halogens is 4. The molecule has 5 rings (SSSR count). The molecule has 1 aliphatic heterocycles. The number of hydrogen-bond acceptors (Lipinski definition) is 7. The van der Waals surface area contributed by atoms with E-state index in [0.717, 1.165) is 6.20 Å². The summed E-state index contributed by atoms with van der Waals surface area (Å²) in [6.45, 7) is 1.77. The van der Waals surface area contributed by atoms with Crippen LogP contribution in [-0.4, -0.2) is 68.5 Å². The maximum atomic E-state index is 13.5. The van der Waals surface area contributed by atoms with E-state index in [1.165, 1.54) is 33.7 Å². The molecule has 238 valence electrons. The lowest BCUT2D eigenvalue weighted by atomic mass is 9.97. The Hall–Kier alpha value is -5.65. The number of anilines is 1. The molecule has 3 heterocycles. The third-order valence-corrected chi connectivity index (χ3v) is 6.82. The zero-order chi connectivity index (χ0) is 33.4. The van der Waals surface area contributed by atoms with Crippen LogP contribution in [0.1, 0.15) is 34.5 Å². The summed E-state index contributed by atoms with van der Waals surface area (Å²) in [5, 5.41) is 16.0. The topological polar surface area (TPSA) is 137 Å². The molecule has 1 aliphatic rings. The van der Waals surface area contributed by atoms with Crippen molar-refractivity contribution in [1.82, 2.24) is 30.0 Å². The molecule has 0 aliphatic carbocycles. The first kappa shape index (κ1) is 33.2. The summed E-state index contributed by atoms with van der Waals surface area (Å²) in [5.74, 6) is -2.44. The smallest absolute Gasteiger partial charge is 0.337 e. The van der Waals surface area contributed by atoms with Gasteiger partial charge in [-0.05, 0) is 37.3 Å². The molecule has 0 bridgehead atoms. The molecule has 46 heavy (non-hydrogen) atoms. The molecular formula is C31H28F4N8O3. The molecular weight excluding hydrogens is 608 g/mol. The highest BCUT2D eigenvalue weighted by atomic mass is 19.4. The van der Waals surface area contributed by atoms with Crippen molar-refractivity contribution < 1.29 is 31.9 Å². The first-order chi connectivity index (χ1) is 21.9. The van der Waals surface area contributed by atoms with Crippen molar-refractivity contribution in [3.8, 4) is 11.8 Å². The lowest BCUT2D eigenvalue weighted by Gasteiger charge is -2.32. The number of nitrogens with one attached hydrogen (secondary N) is 1. The van der Waals surface area contributed by atoms with Crippen LogP contribution in [0.25, 0.3) is 5.69 Å². The molecule has 0 saturated heterocycles. The van der Waals surface area contributed by atoms with Crippen LogP contribution in [0.2, 0.25) is 0 Å². The highest BCUT2D eigenvalue weighted by molar-refractivity contribution is 6.03. The van der Waals surface area contributed by atoms with Gasteiger partial charge in [-0.15, -0.1) is 0 Å². The van der Waals surface area contributed by atoms with Crippen LogP contribution in [0.3, 0.4) is 0 Å². The average Bonchev–Trinajstić information content (AvgIpc) is 3.39. The Morgan fingerprint density at radius 2 is 1.74 bits per heavy atom. The Bertz CT molecular complexity index is 1740. The van der Waals surface area contributed by atoms with Gasteiger partial charge in [0, 0.05) is 31.8 Å². The standard InChI is InChI=1S/C25H23F3N8O3.C6H5F/c1-3-35-23-16(13-18(24(35)39)31-22(38)21-30-11-9-19(32-21)25(26,27)28)17(14-20(37)34(2)12-10-29)33-36(23)15-7-5-4-6-8-15;7-6-4-2-1-3-5-6/h4-9,11,18H,3,12-14H2,1-2H3,(H,31,38);1-5H. The van der Waals surface area contributed by atoms with Crippen LogP contribution >= 0.6 is 0 Å². The third-order valence-electron chi connectivity index (χ3n) is 6.82. The number of benzene rings is 2. The van der Waals surface area contributed by atoms with E-state index in [2.05, 4.69) is 20.4 Å². The van der Waals surface area contributed by atoms with E-state index in [4.69, 9.17) is 5.26 Å². The summed E-state index contributed by atoms with van der Waals surface area (Å²) in [6, 6.07) is 18.2. The second kappa shape index (κ2) is 14.4. The molecule has 15 heteroatoms. The van der Waals surface area contributed by atoms with Crippen molar-refractivity contribution in [3.05, 3.63) is 102 Å². The van der Waals surface area contributed by atoms with E-state index < -0.39 is 35.6 Å². The number of para-hydroxylation sites is 1. The quantitative estimate of drug-likeness (QED) is 0.241. The van der Waals surface area contributed by atoms with Crippen LogP contribution in [0.15, 0.2) is 72.9 Å². The molecule has 11 nitrogen and oxygen atoms in total. The number of carbonyl (C=O) groups excluding carboxylic acids is 3. The molecule has 0 saturated carbocycles. The predicted molar refractivity (Wildman–Crippen MR) is 157 cm³/mol. The van der Waals surface area contributed by atoms with Gasteiger partial charge in [0.25, 0.3) is 11.8 Å². The first-order valence-corrected chi connectivity index (χ1v) is 13.9. The monoisotopic (exact) mass is 636 g/mol. The van der Waals surface area contributed by atoms with E-state index in [0.29, 0.717) is 28.8 Å². The zero-order valence-electron chi connectivity index (χ0n) is 24.7. The maximum absolute atomic E-state index is 13.5. The average molecular weight is 637 g/mol. The van der Waals surface area contributed by atoms with Crippen LogP contribution in [-0.2, 0) is 28.6 Å². The molecule has 0 fully saturated rings. The Balaban J connectivity index is 0.000000606. The summed E-state index contributed by atoms with van der Waals surface area (Å²) in [4.78, 5) is 48.6. The van der Waals surface area contributed by atoms with Gasteiger partial charge < -0.3 is 10.2 Å². The lowest BCUT2D eigenvalue weighted by molar-refractivity contribution is -0.141. The number of nitriles is 1. The van der Waals surface area contributed by atoms with Crippen molar-refractivity contribution in [2.75, 3.05) is 25.0 Å². The van der Waals surface area contributed by atoms with Crippen molar-refractivity contribution in [3.63, 3.8) is 0 Å². The number of fused-ring (bicyclic) bond motifs is 1. The summed E-state index contributed by atoms with van der Waals surface area (Å²) in [7, 11) is 1.48. The highest BCUT2D eigenvalue weighted by Crippen LogP contribution is 2.34. The van der Waals surface area contributed by atoms with Gasteiger partial charge in [0.15, 0.2) is 0 Å². The van der Waals surface area contributed by atoms with Gasteiger partial charge in [0.2, 0.25) is 11.7 Å². The van der Waals surface area contributed by atoms with Crippen molar-refractivity contribution in [2.45, 2.75) is 32.0 Å². The number of nitrogens with zero attached hydrogens (tertiary/aromatic N) is 7. The molecule has 1 N–H and O–H groups in total. The summed E-state index contributed by atoms with van der Waals surface area (Å²) in [5.41, 5.74) is 0.184. The predicted octanol–water partition coefficient (Wildman–Crippen LogP) is 3.74. The number of carbonyl (C=O) groups is 3. The Labute approximate surface area is 261 Å². The van der Waals surface area contributed by atoms with Crippen LogP contribution < -0.4 is 10.2 Å². The van der Waals surface area contributed by atoms with Gasteiger partial charge in [-0.2, -0.15) is 23.5 Å². The zero-order valence-corrected chi connectivity index (χ0v) is 24.7. The minimum Gasteiger partial charge on any atom is -0.337 e. The van der Waals surface area contributed by atoms with Gasteiger partial charge in [-0.1, -0.05) is 36.4 Å². The molecule has 0 radical (unpaired) electrons. The van der Waals surface area contributed by atoms with Crippen LogP contribution in [0, 0.1) is 17.1 Å². The van der Waals surface area contributed by atoms with E-state index in [1.807, 2.05) is 12.1 Å². The Kier molecular flexibility index (Phi) is 10.4. The van der Waals surface area contributed by atoms with Crippen molar-refractivity contribution in [1.29, 1.82) is 5.26 Å². The number of alkyl halides is 3. The molecule has 2 aromatic heterocycles. The number of hydrogen-bond donors (Lipinski definition) is 1. The summed E-state index contributed by atoms with van der Waals surface area (Å²) >= 11 is 0. The molecule has 4 aromatic rings. The van der Waals surface area contributed by atoms with E-state index in [9.17, 15) is 31.9 Å². The van der Waals surface area contributed by atoms with Gasteiger partial charge in [-0.25, -0.2) is 19.0 Å². The third kappa shape index (κ3) is 7.70. The fourth-order valence-corrected chi connectivity index (χ4v) is 4.60. The fourth-order valence-electron chi connectivity index (χ4n) is 4.60. The highest BCUT2D eigenvalue weighted by Gasteiger charge is 2.39.